The maximum Gasteiger partial charge on any atom is 1.00 e. The van der Waals surface area contributed by atoms with Gasteiger partial charge in [-0.1, -0.05) is 18.2 Å². The van der Waals surface area contributed by atoms with Crippen LogP contribution in [0.25, 0.3) is 0 Å². The minimum atomic E-state index is -5.05. The van der Waals surface area contributed by atoms with Crippen molar-refractivity contribution in [1.29, 1.82) is 0 Å². The van der Waals surface area contributed by atoms with Crippen LogP contribution < -0.4 is 52.4 Å². The summed E-state index contributed by atoms with van der Waals surface area (Å²) in [5, 5.41) is 0. The first-order valence-corrected chi connectivity index (χ1v) is 4.47. The van der Waals surface area contributed by atoms with Crippen molar-refractivity contribution >= 4 is 7.82 Å². The number of benzene rings is 1. The Labute approximate surface area is 105 Å². The molecule has 0 unspecified atom stereocenters. The second kappa shape index (κ2) is 7.59. The van der Waals surface area contributed by atoms with E-state index in [1.54, 1.807) is 18.2 Å². The Balaban J connectivity index is 0. The Morgan fingerprint density at radius 1 is 1.07 bits per heavy atom. The van der Waals surface area contributed by atoms with Crippen LogP contribution in [0.2, 0.25) is 0 Å². The van der Waals surface area contributed by atoms with Crippen molar-refractivity contribution < 1.29 is 61.6 Å². The summed E-state index contributed by atoms with van der Waals surface area (Å²) >= 11 is 0. The van der Waals surface area contributed by atoms with E-state index in [2.05, 4.69) is 9.56 Å². The van der Waals surface area contributed by atoms with Gasteiger partial charge in [0.2, 0.25) is 0 Å². The first-order valence-electron chi connectivity index (χ1n) is 3.01. The molecule has 0 aliphatic carbocycles. The molecule has 1 aromatic carbocycles. The van der Waals surface area contributed by atoms with Gasteiger partial charge < -0.3 is 19.2 Å². The molecule has 0 aliphatic heterocycles. The predicted molar refractivity (Wildman–Crippen MR) is 35.8 cm³/mol. The van der Waals surface area contributed by atoms with Crippen LogP contribution in [-0.4, -0.2) is 0 Å². The van der Waals surface area contributed by atoms with E-state index >= 15 is 0 Å². The van der Waals surface area contributed by atoms with Gasteiger partial charge in [0, 0.05) is 0 Å². The van der Waals surface area contributed by atoms with E-state index in [0.717, 1.165) is 0 Å². The van der Waals surface area contributed by atoms with Crippen LogP contribution in [0.4, 0.5) is 0 Å². The third kappa shape index (κ3) is 7.70. The van der Waals surface area contributed by atoms with E-state index < -0.39 is 7.82 Å². The second-order valence-electron chi connectivity index (χ2n) is 1.92. The number of rotatable bonds is 3. The summed E-state index contributed by atoms with van der Waals surface area (Å²) in [4.78, 5) is 24.0. The van der Waals surface area contributed by atoms with Crippen LogP contribution in [0.15, 0.2) is 30.3 Å². The van der Waals surface area contributed by atoms with Crippen LogP contribution in [0.1, 0.15) is 0 Å². The Morgan fingerprint density at radius 2 is 1.57 bits per heavy atom. The summed E-state index contributed by atoms with van der Waals surface area (Å²) in [6.07, 6.45) is 0. The number of phosphoric acid groups is 1. The summed E-state index contributed by atoms with van der Waals surface area (Å²) in [5.41, 5.74) is 0. The molecule has 66 valence electrons. The zero-order valence-corrected chi connectivity index (χ0v) is 8.77. The molecule has 8 heteroatoms. The quantitative estimate of drug-likeness (QED) is 0.211. The van der Waals surface area contributed by atoms with Gasteiger partial charge in [0.1, 0.15) is 7.82 Å². The summed E-state index contributed by atoms with van der Waals surface area (Å²) in [7, 11) is -5.05. The van der Waals surface area contributed by atoms with Crippen LogP contribution >= 0.6 is 7.82 Å². The van der Waals surface area contributed by atoms with Crippen molar-refractivity contribution in [3.63, 3.8) is 0 Å². The van der Waals surface area contributed by atoms with Gasteiger partial charge >= 0.3 is 37.7 Å². The fraction of sp³-hybridized carbons (Fsp3) is 0. The van der Waals surface area contributed by atoms with Crippen molar-refractivity contribution in [1.82, 2.24) is 0 Å². The molecule has 0 saturated carbocycles. The van der Waals surface area contributed by atoms with Crippen molar-refractivity contribution in [2.24, 2.45) is 0 Å². The van der Waals surface area contributed by atoms with Gasteiger partial charge in [-0.3, -0.25) is 0 Å². The van der Waals surface area contributed by atoms with Gasteiger partial charge in [-0.2, -0.15) is 4.67 Å². The average molecular weight is 202 g/mol. The maximum atomic E-state index is 9.93. The molecule has 1 aromatic rings. The zero-order chi connectivity index (χ0) is 9.03. The van der Waals surface area contributed by atoms with E-state index in [9.17, 15) is 14.4 Å². The van der Waals surface area contributed by atoms with Gasteiger partial charge in [-0.15, -0.1) is 0 Å². The van der Waals surface area contributed by atoms with Gasteiger partial charge in [0.15, 0.2) is 5.75 Å². The first-order chi connectivity index (χ1) is 5.58. The molecule has 0 aromatic heterocycles. The molecule has 0 fully saturated rings. The van der Waals surface area contributed by atoms with Crippen LogP contribution in [0.3, 0.4) is 0 Å². The third-order valence-electron chi connectivity index (χ3n) is 0.968. The van der Waals surface area contributed by atoms with Gasteiger partial charge in [0.05, 0.1) is 0 Å². The van der Waals surface area contributed by atoms with E-state index in [1.165, 1.54) is 12.1 Å². The fourth-order valence-corrected chi connectivity index (χ4v) is 0.742. The van der Waals surface area contributed by atoms with E-state index in [4.69, 9.17) is 0 Å². The van der Waals surface area contributed by atoms with E-state index in [0.29, 0.717) is 0 Å². The van der Waals surface area contributed by atoms with Crippen molar-refractivity contribution in [3.8, 4) is 5.75 Å². The topological polar surface area (TPSA) is 81.7 Å². The number of para-hydroxylation sites is 1. The van der Waals surface area contributed by atoms with Gasteiger partial charge in [-0.25, -0.2) is 0 Å². The minimum absolute atomic E-state index is 0. The molecule has 0 bridgehead atoms. The first kappa shape index (κ1) is 16.7. The predicted octanol–water partition coefficient (Wildman–Crippen LogP) is -6.17. The average Bonchev–Trinajstić information content (AvgIpc) is 2.02. The molecule has 0 N–H and O–H groups in total. The molecule has 0 saturated heterocycles. The van der Waals surface area contributed by atoms with Crippen LogP contribution in [0, 0.1) is 0 Å². The third-order valence-corrected chi connectivity index (χ3v) is 1.23. The van der Waals surface area contributed by atoms with Crippen LogP contribution in [0.5, 0.6) is 5.75 Å². The van der Waals surface area contributed by atoms with Crippen molar-refractivity contribution in [2.45, 2.75) is 0 Å². The minimum Gasteiger partial charge on any atom is -0.787 e. The Kier molecular flexibility index (Phi) is 9.08. The summed E-state index contributed by atoms with van der Waals surface area (Å²) in [5.74, 6) is 0.157. The Hall–Kier alpha value is 0.325. The fourth-order valence-electron chi connectivity index (χ4n) is 0.565. The molecular weight excluding hydrogens is 197 g/mol. The summed E-state index contributed by atoms with van der Waals surface area (Å²) in [6, 6.07) is 7.84. The van der Waals surface area contributed by atoms with Crippen molar-refractivity contribution in [2.75, 3.05) is 0 Å². The molecule has 5 nitrogen and oxygen atoms in total. The van der Waals surface area contributed by atoms with E-state index in [1.807, 2.05) is 0 Å². The molecule has 0 radical (unpaired) electrons. The summed E-state index contributed by atoms with van der Waals surface area (Å²) in [6.45, 7) is 0. The Bertz CT molecular complexity index is 288. The molecular formula is C6H5Li2O5P. The van der Waals surface area contributed by atoms with Gasteiger partial charge in [-0.05, 0) is 12.1 Å². The molecule has 14 heavy (non-hydrogen) atoms. The standard InChI is InChI=1S/C6H7O5P.2Li/c7-12(8,9)11-10-6-4-2-1-3-5-6;;/h1-5H,(H2,7,8,9);;/q;2*+1/p-2. The molecule has 0 amide bonds. The number of hydrogen-bond donors (Lipinski definition) is 0. The largest absolute Gasteiger partial charge is 1.00 e. The normalized spacial score (nSPS) is 9.57. The van der Waals surface area contributed by atoms with Gasteiger partial charge in [0.25, 0.3) is 0 Å². The molecule has 0 heterocycles. The zero-order valence-electron chi connectivity index (χ0n) is 7.88. The second-order valence-corrected chi connectivity index (χ2v) is 2.96. The van der Waals surface area contributed by atoms with Crippen molar-refractivity contribution in [3.05, 3.63) is 30.3 Å². The monoisotopic (exact) mass is 202 g/mol. The molecule has 0 atom stereocenters. The smallest absolute Gasteiger partial charge is 0.787 e. The summed E-state index contributed by atoms with van der Waals surface area (Å²) < 4.78 is 13.5. The molecule has 1 rings (SSSR count). The van der Waals surface area contributed by atoms with E-state index in [-0.39, 0.29) is 43.5 Å². The molecule has 0 aliphatic rings. The molecule has 0 spiro atoms. The number of hydrogen-bond acceptors (Lipinski definition) is 5. The van der Waals surface area contributed by atoms with Crippen LogP contribution in [-0.2, 0) is 9.24 Å². The SMILES string of the molecule is O=P([O-])([O-])OOc1ccccc1.[Li+].[Li+]. The Morgan fingerprint density at radius 3 is 2.00 bits per heavy atom. The maximum absolute atomic E-state index is 9.93.